The Morgan fingerprint density at radius 3 is 2.68 bits per heavy atom. The summed E-state index contributed by atoms with van der Waals surface area (Å²) in [6.45, 7) is 4.08. The minimum Gasteiger partial charge on any atom is -0.390 e. The van der Waals surface area contributed by atoms with Crippen LogP contribution in [0.3, 0.4) is 0 Å². The van der Waals surface area contributed by atoms with Crippen molar-refractivity contribution in [2.24, 2.45) is 0 Å². The number of hydrogen-bond donors (Lipinski definition) is 1. The van der Waals surface area contributed by atoms with E-state index in [2.05, 4.69) is 40.7 Å². The molecule has 1 fully saturated rings. The van der Waals surface area contributed by atoms with Gasteiger partial charge in [0.15, 0.2) is 11.4 Å². The van der Waals surface area contributed by atoms with E-state index in [-0.39, 0.29) is 12.9 Å². The summed E-state index contributed by atoms with van der Waals surface area (Å²) < 4.78 is 13.0. The molecule has 1 aromatic carbocycles. The molecule has 0 unspecified atom stereocenters. The zero-order chi connectivity index (χ0) is 15.4. The van der Waals surface area contributed by atoms with E-state index < -0.39 is 0 Å². The van der Waals surface area contributed by atoms with Crippen LogP contribution in [0, 0.1) is 6.92 Å². The highest BCUT2D eigenvalue weighted by atomic mass is 32.2. The van der Waals surface area contributed by atoms with Crippen LogP contribution in [0.2, 0.25) is 0 Å². The molecule has 0 bridgehead atoms. The lowest BCUT2D eigenvalue weighted by Gasteiger charge is -2.10. The number of aryl methyl sites for hydroxylation is 1. The van der Waals surface area contributed by atoms with Crippen molar-refractivity contribution in [3.63, 3.8) is 0 Å². The molecule has 118 valence electrons. The standard InChI is InChI=1S/C16H20N2O3S/c1-12-2-4-13(5-3-12)8-18-9-14(10-19)17-16(18)22-11-15-20-6-7-21-15/h2-5,9,15,19H,6-8,10-11H2,1H3. The Labute approximate surface area is 134 Å². The Morgan fingerprint density at radius 1 is 1.27 bits per heavy atom. The maximum Gasteiger partial charge on any atom is 0.168 e. The van der Waals surface area contributed by atoms with Gasteiger partial charge in [0, 0.05) is 12.7 Å². The highest BCUT2D eigenvalue weighted by Crippen LogP contribution is 2.22. The first kappa shape index (κ1) is 15.6. The van der Waals surface area contributed by atoms with E-state index >= 15 is 0 Å². The summed E-state index contributed by atoms with van der Waals surface area (Å²) in [6.07, 6.45) is 1.74. The lowest BCUT2D eigenvalue weighted by molar-refractivity contribution is -0.0215. The van der Waals surface area contributed by atoms with Crippen LogP contribution >= 0.6 is 11.8 Å². The van der Waals surface area contributed by atoms with Crippen LogP contribution in [0.1, 0.15) is 16.8 Å². The van der Waals surface area contributed by atoms with Crippen LogP contribution in [0.4, 0.5) is 0 Å². The molecule has 1 aliphatic heterocycles. The van der Waals surface area contributed by atoms with Crippen molar-refractivity contribution in [2.45, 2.75) is 31.5 Å². The van der Waals surface area contributed by atoms with Crippen LogP contribution in [-0.2, 0) is 22.6 Å². The number of ether oxygens (including phenoxy) is 2. The fourth-order valence-corrected chi connectivity index (χ4v) is 3.23. The van der Waals surface area contributed by atoms with E-state index in [9.17, 15) is 5.11 Å². The van der Waals surface area contributed by atoms with E-state index in [0.29, 0.717) is 24.7 Å². The van der Waals surface area contributed by atoms with Crippen LogP contribution < -0.4 is 0 Å². The van der Waals surface area contributed by atoms with E-state index in [4.69, 9.17) is 9.47 Å². The first-order chi connectivity index (χ1) is 10.7. The SMILES string of the molecule is Cc1ccc(Cn2cc(CO)nc2SCC2OCCO2)cc1. The van der Waals surface area contributed by atoms with Gasteiger partial charge in [-0.1, -0.05) is 41.6 Å². The Morgan fingerprint density at radius 2 is 2.00 bits per heavy atom. The number of aromatic nitrogens is 2. The second-order valence-corrected chi connectivity index (χ2v) is 6.26. The molecule has 0 aliphatic carbocycles. The van der Waals surface area contributed by atoms with Gasteiger partial charge in [-0.3, -0.25) is 0 Å². The first-order valence-corrected chi connectivity index (χ1v) is 8.31. The van der Waals surface area contributed by atoms with Crippen molar-refractivity contribution in [1.82, 2.24) is 9.55 Å². The number of aliphatic hydroxyl groups excluding tert-OH is 1. The predicted octanol–water partition coefficient (Wildman–Crippen LogP) is 2.20. The van der Waals surface area contributed by atoms with E-state index in [1.165, 1.54) is 11.1 Å². The summed E-state index contributed by atoms with van der Waals surface area (Å²) in [6, 6.07) is 8.44. The Hall–Kier alpha value is -1.34. The van der Waals surface area contributed by atoms with Crippen LogP contribution in [0.25, 0.3) is 0 Å². The van der Waals surface area contributed by atoms with E-state index in [0.717, 1.165) is 11.7 Å². The van der Waals surface area contributed by atoms with Gasteiger partial charge in [-0.15, -0.1) is 0 Å². The molecule has 0 spiro atoms. The summed E-state index contributed by atoms with van der Waals surface area (Å²) in [5, 5.41) is 10.2. The molecule has 22 heavy (non-hydrogen) atoms. The highest BCUT2D eigenvalue weighted by molar-refractivity contribution is 7.99. The maximum atomic E-state index is 9.32. The van der Waals surface area contributed by atoms with Gasteiger partial charge in [0.05, 0.1) is 31.3 Å². The molecule has 5 nitrogen and oxygen atoms in total. The lowest BCUT2D eigenvalue weighted by atomic mass is 10.1. The summed E-state index contributed by atoms with van der Waals surface area (Å²) in [7, 11) is 0. The van der Waals surface area contributed by atoms with E-state index in [1.54, 1.807) is 11.8 Å². The number of aliphatic hydroxyl groups is 1. The largest absolute Gasteiger partial charge is 0.390 e. The van der Waals surface area contributed by atoms with Crippen LogP contribution in [-0.4, -0.2) is 39.9 Å². The number of thioether (sulfide) groups is 1. The molecule has 1 aromatic heterocycles. The summed E-state index contributed by atoms with van der Waals surface area (Å²) >= 11 is 1.59. The third-order valence-corrected chi connectivity index (χ3v) is 4.49. The second kappa shape index (κ2) is 7.28. The van der Waals surface area contributed by atoms with Crippen molar-refractivity contribution in [3.05, 3.63) is 47.3 Å². The highest BCUT2D eigenvalue weighted by Gasteiger charge is 2.18. The third kappa shape index (κ3) is 3.89. The van der Waals surface area contributed by atoms with Gasteiger partial charge in [-0.2, -0.15) is 0 Å². The molecule has 2 heterocycles. The Bertz CT molecular complexity index is 606. The number of rotatable bonds is 6. The molecule has 0 atom stereocenters. The van der Waals surface area contributed by atoms with Gasteiger partial charge >= 0.3 is 0 Å². The maximum absolute atomic E-state index is 9.32. The van der Waals surface area contributed by atoms with Gasteiger partial charge in [-0.05, 0) is 12.5 Å². The third-order valence-electron chi connectivity index (χ3n) is 3.46. The quantitative estimate of drug-likeness (QED) is 0.827. The van der Waals surface area contributed by atoms with Crippen LogP contribution in [0.5, 0.6) is 0 Å². The first-order valence-electron chi connectivity index (χ1n) is 7.33. The summed E-state index contributed by atoms with van der Waals surface area (Å²) in [5.41, 5.74) is 3.14. The van der Waals surface area contributed by atoms with Crippen molar-refractivity contribution in [1.29, 1.82) is 0 Å². The fraction of sp³-hybridized carbons (Fsp3) is 0.438. The fourth-order valence-electron chi connectivity index (χ4n) is 2.29. The average Bonchev–Trinajstić information content (AvgIpc) is 3.17. The number of benzene rings is 1. The van der Waals surface area contributed by atoms with E-state index in [1.807, 2.05) is 6.20 Å². The molecule has 2 aromatic rings. The van der Waals surface area contributed by atoms with Gasteiger partial charge < -0.3 is 19.1 Å². The normalized spacial score (nSPS) is 15.5. The Kier molecular flexibility index (Phi) is 5.15. The zero-order valence-electron chi connectivity index (χ0n) is 12.6. The molecule has 0 amide bonds. The molecular formula is C16H20N2O3S. The number of nitrogens with zero attached hydrogens (tertiary/aromatic N) is 2. The number of imidazole rings is 1. The smallest absolute Gasteiger partial charge is 0.168 e. The lowest BCUT2D eigenvalue weighted by Crippen LogP contribution is -2.11. The topological polar surface area (TPSA) is 56.5 Å². The molecule has 1 saturated heterocycles. The second-order valence-electron chi connectivity index (χ2n) is 5.27. The molecule has 1 N–H and O–H groups in total. The van der Waals surface area contributed by atoms with Crippen LogP contribution in [0.15, 0.2) is 35.6 Å². The molecule has 0 radical (unpaired) electrons. The molecule has 0 saturated carbocycles. The predicted molar refractivity (Wildman–Crippen MR) is 84.8 cm³/mol. The van der Waals surface area contributed by atoms with Gasteiger partial charge in [-0.25, -0.2) is 4.98 Å². The average molecular weight is 320 g/mol. The molecular weight excluding hydrogens is 300 g/mol. The summed E-state index contributed by atoms with van der Waals surface area (Å²) in [4.78, 5) is 4.47. The summed E-state index contributed by atoms with van der Waals surface area (Å²) in [5.74, 6) is 0.704. The molecule has 3 rings (SSSR count). The zero-order valence-corrected chi connectivity index (χ0v) is 13.4. The van der Waals surface area contributed by atoms with Gasteiger partial charge in [0.1, 0.15) is 0 Å². The molecule has 1 aliphatic rings. The number of hydrogen-bond acceptors (Lipinski definition) is 5. The molecule has 6 heteroatoms. The van der Waals surface area contributed by atoms with Crippen molar-refractivity contribution < 1.29 is 14.6 Å². The monoisotopic (exact) mass is 320 g/mol. The minimum absolute atomic E-state index is 0.0507. The Balaban J connectivity index is 1.70. The van der Waals surface area contributed by atoms with Crippen molar-refractivity contribution in [3.8, 4) is 0 Å². The van der Waals surface area contributed by atoms with Gasteiger partial charge in [0.25, 0.3) is 0 Å². The van der Waals surface area contributed by atoms with Crippen molar-refractivity contribution in [2.75, 3.05) is 19.0 Å². The van der Waals surface area contributed by atoms with Gasteiger partial charge in [0.2, 0.25) is 0 Å². The van der Waals surface area contributed by atoms with Crippen molar-refractivity contribution >= 4 is 11.8 Å². The minimum atomic E-state index is -0.160.